The van der Waals surface area contributed by atoms with Crippen molar-refractivity contribution in [3.05, 3.63) is 224 Å². The van der Waals surface area contributed by atoms with E-state index in [-0.39, 0.29) is 0 Å². The monoisotopic (exact) mass is 791 g/mol. The van der Waals surface area contributed by atoms with Crippen LogP contribution in [0.4, 0.5) is 0 Å². The Morgan fingerprint density at radius 1 is 0.274 bits per heavy atom. The Labute approximate surface area is 358 Å². The van der Waals surface area contributed by atoms with Crippen LogP contribution < -0.4 is 0 Å². The first-order valence-corrected chi connectivity index (χ1v) is 21.0. The Hall–Kier alpha value is -8.41. The van der Waals surface area contributed by atoms with Crippen LogP contribution in [0.15, 0.2) is 224 Å². The minimum absolute atomic E-state index is 0.564. The van der Waals surface area contributed by atoms with Crippen LogP contribution in [0.3, 0.4) is 0 Å². The van der Waals surface area contributed by atoms with Crippen molar-refractivity contribution < 1.29 is 0 Å². The second-order valence-electron chi connectivity index (χ2n) is 15.6. The van der Waals surface area contributed by atoms with Crippen LogP contribution in [0.5, 0.6) is 0 Å². The molecule has 0 bridgehead atoms. The van der Waals surface area contributed by atoms with Crippen LogP contribution in [-0.4, -0.2) is 24.1 Å². The molecule has 0 unspecified atom stereocenters. The Morgan fingerprint density at radius 3 is 1.31 bits per heavy atom. The van der Waals surface area contributed by atoms with E-state index in [0.29, 0.717) is 17.6 Å². The lowest BCUT2D eigenvalue weighted by Crippen LogP contribution is -2.07. The van der Waals surface area contributed by atoms with Crippen molar-refractivity contribution in [3.8, 4) is 67.8 Å². The van der Waals surface area contributed by atoms with Crippen LogP contribution in [0.1, 0.15) is 0 Å². The lowest BCUT2D eigenvalue weighted by molar-refractivity contribution is 0.953. The van der Waals surface area contributed by atoms with E-state index in [9.17, 15) is 0 Å². The lowest BCUT2D eigenvalue weighted by Gasteiger charge is -2.15. The molecule has 0 N–H and O–H groups in total. The highest BCUT2D eigenvalue weighted by Gasteiger charge is 2.24. The van der Waals surface area contributed by atoms with Gasteiger partial charge in [0.2, 0.25) is 5.95 Å². The third-order valence-electron chi connectivity index (χ3n) is 12.0. The molecule has 0 aliphatic heterocycles. The van der Waals surface area contributed by atoms with Gasteiger partial charge >= 0.3 is 0 Å². The summed E-state index contributed by atoms with van der Waals surface area (Å²) < 4.78 is 4.68. The Balaban J connectivity index is 1.12. The summed E-state index contributed by atoms with van der Waals surface area (Å²) in [5.41, 5.74) is 14.3. The highest BCUT2D eigenvalue weighted by molar-refractivity contribution is 6.23. The number of rotatable bonds is 7. The van der Waals surface area contributed by atoms with E-state index in [1.807, 2.05) is 36.4 Å². The van der Waals surface area contributed by atoms with E-state index in [4.69, 9.17) is 15.0 Å². The number of nitrogens with zero attached hydrogens (tertiary/aromatic N) is 5. The van der Waals surface area contributed by atoms with Crippen molar-refractivity contribution in [2.45, 2.75) is 0 Å². The molecule has 3 heterocycles. The zero-order valence-electron chi connectivity index (χ0n) is 33.6. The van der Waals surface area contributed by atoms with Crippen molar-refractivity contribution in [1.82, 2.24) is 24.1 Å². The quantitative estimate of drug-likeness (QED) is 0.162. The fourth-order valence-electron chi connectivity index (χ4n) is 9.17. The summed E-state index contributed by atoms with van der Waals surface area (Å²) in [4.78, 5) is 15.6. The molecule has 0 fully saturated rings. The summed E-state index contributed by atoms with van der Waals surface area (Å²) in [7, 11) is 0. The zero-order valence-corrected chi connectivity index (χ0v) is 33.6. The van der Waals surface area contributed by atoms with E-state index >= 15 is 0 Å². The predicted octanol–water partition coefficient (Wildman–Crippen LogP) is 14.4. The number of hydrogen-bond donors (Lipinski definition) is 0. The van der Waals surface area contributed by atoms with Gasteiger partial charge < -0.3 is 4.57 Å². The molecule has 5 heteroatoms. The number of fused-ring (bicyclic) bond motifs is 7. The number of aromatic nitrogens is 5. The molecule has 12 aromatic rings. The number of benzene rings is 9. The molecular formula is C57H37N5. The highest BCUT2D eigenvalue weighted by Crippen LogP contribution is 2.43. The van der Waals surface area contributed by atoms with Crippen molar-refractivity contribution in [3.63, 3.8) is 0 Å². The Bertz CT molecular complexity index is 3570. The molecule has 0 aliphatic rings. The largest absolute Gasteiger partial charge is 0.307 e. The van der Waals surface area contributed by atoms with Gasteiger partial charge in [0, 0.05) is 38.4 Å². The standard InChI is InChI=1S/C57H37N5/c1-4-18-38(19-5-1)41-24-16-25-42(36-41)45-28-10-11-29-46(45)43-26-17-27-44(37-43)61-51-32-14-12-30-47(51)49-34-35-50-48-31-13-15-33-52(48)62(54(50)53(49)61)57-59-55(39-20-6-2-7-21-39)58-56(60-57)40-22-8-3-9-23-40/h1-37H. The van der Waals surface area contributed by atoms with Crippen LogP contribution in [-0.2, 0) is 0 Å². The highest BCUT2D eigenvalue weighted by atomic mass is 15.2. The molecule has 0 atom stereocenters. The molecule has 0 saturated carbocycles. The topological polar surface area (TPSA) is 48.5 Å². The molecule has 0 saturated heterocycles. The summed E-state index contributed by atoms with van der Waals surface area (Å²) in [6, 6.07) is 79.4. The van der Waals surface area contributed by atoms with Crippen LogP contribution in [0, 0.1) is 0 Å². The van der Waals surface area contributed by atoms with Gasteiger partial charge in [0.05, 0.1) is 22.1 Å². The van der Waals surface area contributed by atoms with E-state index in [0.717, 1.165) is 60.6 Å². The van der Waals surface area contributed by atoms with Gasteiger partial charge in [-0.05, 0) is 63.7 Å². The average molecular weight is 792 g/mol. The van der Waals surface area contributed by atoms with E-state index in [1.54, 1.807) is 0 Å². The van der Waals surface area contributed by atoms with E-state index < -0.39 is 0 Å². The first-order valence-electron chi connectivity index (χ1n) is 21.0. The molecule has 5 nitrogen and oxygen atoms in total. The molecule has 0 amide bonds. The van der Waals surface area contributed by atoms with Crippen molar-refractivity contribution in [2.75, 3.05) is 0 Å². The van der Waals surface area contributed by atoms with Gasteiger partial charge in [0.25, 0.3) is 0 Å². The first kappa shape index (κ1) is 35.5. The van der Waals surface area contributed by atoms with Crippen molar-refractivity contribution >= 4 is 43.6 Å². The molecule has 9 aromatic carbocycles. The van der Waals surface area contributed by atoms with Gasteiger partial charge in [0.1, 0.15) is 0 Å². The Morgan fingerprint density at radius 2 is 0.710 bits per heavy atom. The van der Waals surface area contributed by atoms with E-state index in [1.165, 1.54) is 33.2 Å². The fourth-order valence-corrected chi connectivity index (χ4v) is 9.17. The third-order valence-corrected chi connectivity index (χ3v) is 12.0. The van der Waals surface area contributed by atoms with E-state index in [2.05, 4.69) is 197 Å². The van der Waals surface area contributed by atoms with Gasteiger partial charge in [-0.25, -0.2) is 4.98 Å². The summed E-state index contributed by atoms with van der Waals surface area (Å²) in [5, 5.41) is 4.58. The minimum atomic E-state index is 0.564. The maximum absolute atomic E-state index is 5.28. The molecule has 12 rings (SSSR count). The number of hydrogen-bond acceptors (Lipinski definition) is 3. The fraction of sp³-hybridized carbons (Fsp3) is 0. The second kappa shape index (κ2) is 14.7. The van der Waals surface area contributed by atoms with Crippen LogP contribution >= 0.6 is 0 Å². The van der Waals surface area contributed by atoms with Gasteiger partial charge in [-0.3, -0.25) is 4.57 Å². The molecule has 3 aromatic heterocycles. The first-order chi connectivity index (χ1) is 30.8. The molecule has 62 heavy (non-hydrogen) atoms. The van der Waals surface area contributed by atoms with Gasteiger partial charge in [0.15, 0.2) is 11.6 Å². The number of para-hydroxylation sites is 2. The summed E-state index contributed by atoms with van der Waals surface area (Å²) in [6.07, 6.45) is 0. The van der Waals surface area contributed by atoms with Gasteiger partial charge in [-0.15, -0.1) is 0 Å². The van der Waals surface area contributed by atoms with Gasteiger partial charge in [-0.2, -0.15) is 9.97 Å². The summed E-state index contributed by atoms with van der Waals surface area (Å²) in [6.45, 7) is 0. The summed E-state index contributed by atoms with van der Waals surface area (Å²) >= 11 is 0. The lowest BCUT2D eigenvalue weighted by atomic mass is 9.92. The molecule has 290 valence electrons. The average Bonchev–Trinajstić information content (AvgIpc) is 3.88. The normalized spacial score (nSPS) is 11.5. The second-order valence-corrected chi connectivity index (χ2v) is 15.6. The van der Waals surface area contributed by atoms with Gasteiger partial charge in [-0.1, -0.05) is 194 Å². The van der Waals surface area contributed by atoms with Crippen LogP contribution in [0.25, 0.3) is 111 Å². The van der Waals surface area contributed by atoms with Crippen molar-refractivity contribution in [1.29, 1.82) is 0 Å². The maximum atomic E-state index is 5.28. The zero-order chi connectivity index (χ0) is 41.0. The SMILES string of the molecule is c1ccc(-c2cccc(-c3ccccc3-c3cccc(-n4c5ccccc5c5ccc6c7ccccc7n(-c7nc(-c8ccccc8)nc(-c8ccccc8)n7)c6c54)c3)c2)cc1. The smallest absolute Gasteiger partial charge is 0.238 e. The molecular weight excluding hydrogens is 755 g/mol. The predicted molar refractivity (Wildman–Crippen MR) is 256 cm³/mol. The molecule has 0 aliphatic carbocycles. The molecule has 0 radical (unpaired) electrons. The maximum Gasteiger partial charge on any atom is 0.238 e. The minimum Gasteiger partial charge on any atom is -0.307 e. The third kappa shape index (κ3) is 5.90. The Kier molecular flexibility index (Phi) is 8.42. The van der Waals surface area contributed by atoms with Crippen molar-refractivity contribution in [2.24, 2.45) is 0 Å². The van der Waals surface area contributed by atoms with Crippen LogP contribution in [0.2, 0.25) is 0 Å². The molecule has 0 spiro atoms. The summed E-state index contributed by atoms with van der Waals surface area (Å²) in [5.74, 6) is 1.80.